The van der Waals surface area contributed by atoms with E-state index in [1.165, 1.54) is 0 Å². The Hall–Kier alpha value is -4.10. The number of aliphatic carboxylic acids is 1. The first-order valence-electron chi connectivity index (χ1n) is 20.0. The number of carbonyl (C=O) groups is 5. The number of hydrogen-bond acceptors (Lipinski definition) is 9. The van der Waals surface area contributed by atoms with Gasteiger partial charge in [0.15, 0.2) is 16.6 Å². The summed E-state index contributed by atoms with van der Waals surface area (Å²) in [7, 11) is -4.78. The Morgan fingerprint density at radius 1 is 0.879 bits per heavy atom. The third-order valence-corrected chi connectivity index (χ3v) is 21.6. The van der Waals surface area contributed by atoms with Crippen molar-refractivity contribution in [2.24, 2.45) is 11.7 Å². The topological polar surface area (TPSA) is 207 Å². The molecular weight excluding hydrogens is 777 g/mol. The highest BCUT2D eigenvalue weighted by Crippen LogP contribution is 2.45. The van der Waals surface area contributed by atoms with Crippen molar-refractivity contribution in [2.75, 3.05) is 19.8 Å². The van der Waals surface area contributed by atoms with Crippen LogP contribution in [0.2, 0.25) is 36.3 Å². The summed E-state index contributed by atoms with van der Waals surface area (Å²) >= 11 is 0. The van der Waals surface area contributed by atoms with Crippen LogP contribution in [0.4, 0.5) is 4.79 Å². The molecule has 0 radical (unpaired) electrons. The summed E-state index contributed by atoms with van der Waals surface area (Å²) in [4.78, 5) is 67.4. The number of hydrogen-bond donors (Lipinski definition) is 5. The second-order valence-corrected chi connectivity index (χ2v) is 28.3. The number of aliphatic hydroxyl groups excluding tert-OH is 1. The lowest BCUT2D eigenvalue weighted by atomic mass is 9.95. The van der Waals surface area contributed by atoms with Crippen LogP contribution in [0.5, 0.6) is 0 Å². The van der Waals surface area contributed by atoms with Gasteiger partial charge in [-0.25, -0.2) is 9.59 Å². The Bertz CT molecular complexity index is 1800. The molecule has 0 aromatic heterocycles. The predicted octanol–water partition coefficient (Wildman–Crippen LogP) is 5.35. The quantitative estimate of drug-likeness (QED) is 0.137. The number of carboxylic acids is 1. The van der Waals surface area contributed by atoms with E-state index in [-0.39, 0.29) is 42.2 Å². The minimum Gasteiger partial charge on any atom is -0.480 e. The first-order valence-corrected chi connectivity index (χ1v) is 25.8. The van der Waals surface area contributed by atoms with Crippen LogP contribution in [0.25, 0.3) is 11.1 Å². The number of alkyl carbamates (subject to hydrolysis) is 1. The second-order valence-electron chi connectivity index (χ2n) is 18.8. The van der Waals surface area contributed by atoms with Crippen molar-refractivity contribution < 1.29 is 47.8 Å². The standard InChI is InChI=1S/C42H64N4O10Si2/c1-25(34(56-58(10,11)42(5,6)7)24-55-57(8,9)41(2,3)4)36(39(51)52)45-37(49)33-20-26(47)22-46(33)38(50)32(21-35(43)48)44-40(53)54-23-31-29-18-14-12-16-27(29)28-17-13-15-19-30(28)31/h12-19,25-26,31-34,36,47H,20-24H2,1-11H3,(H2,43,48)(H,44,53)(H,45,49)(H,51,52)/t25-,26?,32-,33-,34-,36-/m0/s1. The molecule has 0 saturated carbocycles. The van der Waals surface area contributed by atoms with Gasteiger partial charge in [0.1, 0.15) is 24.7 Å². The number of benzene rings is 2. The molecule has 0 bridgehead atoms. The zero-order valence-corrected chi connectivity index (χ0v) is 37.9. The van der Waals surface area contributed by atoms with Crippen molar-refractivity contribution in [3.63, 3.8) is 0 Å². The predicted molar refractivity (Wildman–Crippen MR) is 226 cm³/mol. The number of nitrogens with two attached hydrogens (primary N) is 1. The summed E-state index contributed by atoms with van der Waals surface area (Å²) in [5, 5.41) is 26.0. The van der Waals surface area contributed by atoms with Crippen molar-refractivity contribution in [3.8, 4) is 11.1 Å². The summed E-state index contributed by atoms with van der Waals surface area (Å²) in [6, 6.07) is 11.3. The molecule has 2 aromatic rings. The second kappa shape index (κ2) is 18.0. The number of nitrogens with one attached hydrogen (secondary N) is 2. The fourth-order valence-electron chi connectivity index (χ4n) is 6.93. The van der Waals surface area contributed by atoms with E-state index in [1.54, 1.807) is 6.92 Å². The van der Waals surface area contributed by atoms with Crippen molar-refractivity contribution in [3.05, 3.63) is 59.7 Å². The van der Waals surface area contributed by atoms with Crippen LogP contribution >= 0.6 is 0 Å². The van der Waals surface area contributed by atoms with Crippen molar-refractivity contribution >= 4 is 46.4 Å². The highest BCUT2D eigenvalue weighted by molar-refractivity contribution is 6.74. The molecule has 1 saturated heterocycles. The van der Waals surface area contributed by atoms with Crippen LogP contribution < -0.4 is 16.4 Å². The summed E-state index contributed by atoms with van der Waals surface area (Å²) in [6.07, 6.45) is -3.64. The van der Waals surface area contributed by atoms with E-state index >= 15 is 0 Å². The summed E-state index contributed by atoms with van der Waals surface area (Å²) in [5.74, 6) is -4.93. The molecule has 1 aliphatic heterocycles. The number of aliphatic hydroxyl groups is 1. The van der Waals surface area contributed by atoms with E-state index in [0.29, 0.717) is 0 Å². The lowest BCUT2D eigenvalue weighted by molar-refractivity contribution is -0.147. The number of rotatable bonds is 16. The third-order valence-electron chi connectivity index (χ3n) is 12.5. The molecule has 0 spiro atoms. The van der Waals surface area contributed by atoms with E-state index in [2.05, 4.69) is 78.4 Å². The molecule has 2 aromatic carbocycles. The van der Waals surface area contributed by atoms with Crippen molar-refractivity contribution in [2.45, 2.75) is 134 Å². The lowest BCUT2D eigenvalue weighted by Crippen LogP contribution is -2.59. The number of fused-ring (bicyclic) bond motifs is 3. The molecule has 16 heteroatoms. The number of likely N-dealkylation sites (tertiary alicyclic amines) is 1. The molecule has 1 heterocycles. The Labute approximate surface area is 344 Å². The minimum absolute atomic E-state index is 0.0549. The Kier molecular flexibility index (Phi) is 14.5. The number of amides is 4. The zero-order chi connectivity index (χ0) is 43.5. The highest BCUT2D eigenvalue weighted by atomic mass is 28.4. The summed E-state index contributed by atoms with van der Waals surface area (Å²) < 4.78 is 19.0. The van der Waals surface area contributed by atoms with Gasteiger partial charge >= 0.3 is 12.1 Å². The van der Waals surface area contributed by atoms with Gasteiger partial charge in [-0.15, -0.1) is 0 Å². The van der Waals surface area contributed by atoms with Crippen molar-refractivity contribution in [1.82, 2.24) is 15.5 Å². The van der Waals surface area contributed by atoms with Gasteiger partial charge in [-0.2, -0.15) is 0 Å². The molecule has 58 heavy (non-hydrogen) atoms. The SMILES string of the molecule is C[C@@H]([C@H](CO[Si](C)(C)C(C)(C)C)O[Si](C)(C)C(C)(C)C)[C@H](NC(=O)[C@@H]1CC(O)CN1C(=O)[C@H](CC(N)=O)NC(=O)OCC1c2ccccc2-c2ccccc21)C(=O)O. The average Bonchev–Trinajstić information content (AvgIpc) is 3.67. The van der Waals surface area contributed by atoms with Crippen LogP contribution in [0.15, 0.2) is 48.5 Å². The molecule has 1 fully saturated rings. The third kappa shape index (κ3) is 10.7. The molecule has 4 amide bonds. The first-order chi connectivity index (χ1) is 26.8. The monoisotopic (exact) mass is 840 g/mol. The fraction of sp³-hybridized carbons (Fsp3) is 0.595. The molecule has 4 rings (SSSR count). The van der Waals surface area contributed by atoms with Crippen LogP contribution in [0.3, 0.4) is 0 Å². The van der Waals surface area contributed by atoms with Gasteiger partial charge in [-0.1, -0.05) is 97.0 Å². The maximum Gasteiger partial charge on any atom is 0.407 e. The van der Waals surface area contributed by atoms with Gasteiger partial charge in [0, 0.05) is 24.8 Å². The van der Waals surface area contributed by atoms with Crippen LogP contribution in [-0.2, 0) is 32.8 Å². The van der Waals surface area contributed by atoms with Gasteiger partial charge in [-0.3, -0.25) is 14.4 Å². The van der Waals surface area contributed by atoms with Gasteiger partial charge in [-0.05, 0) is 58.5 Å². The van der Waals surface area contributed by atoms with E-state index in [1.807, 2.05) is 48.5 Å². The number of ether oxygens (including phenoxy) is 1. The molecule has 6 N–H and O–H groups in total. The Balaban J connectivity index is 1.51. The Morgan fingerprint density at radius 2 is 1.41 bits per heavy atom. The van der Waals surface area contributed by atoms with Crippen LogP contribution in [0.1, 0.15) is 78.4 Å². The van der Waals surface area contributed by atoms with Crippen molar-refractivity contribution in [1.29, 1.82) is 0 Å². The van der Waals surface area contributed by atoms with Gasteiger partial charge in [0.2, 0.25) is 17.7 Å². The summed E-state index contributed by atoms with van der Waals surface area (Å²) in [5.41, 5.74) is 9.53. The van der Waals surface area contributed by atoms with Crippen LogP contribution in [0, 0.1) is 5.92 Å². The van der Waals surface area contributed by atoms with Gasteiger partial charge < -0.3 is 45.1 Å². The first kappa shape index (κ1) is 46.6. The normalized spacial score (nSPS) is 19.3. The number of primary amides is 1. The van der Waals surface area contributed by atoms with E-state index in [0.717, 1.165) is 27.2 Å². The number of carbonyl (C=O) groups excluding carboxylic acids is 4. The van der Waals surface area contributed by atoms with E-state index in [4.69, 9.17) is 19.3 Å². The molecule has 2 aliphatic rings. The minimum atomic E-state index is -2.48. The number of β-amino-alcohol motifs (C(OH)–C–C–N with tert-alkyl or cyclic N) is 1. The summed E-state index contributed by atoms with van der Waals surface area (Å²) in [6.45, 7) is 22.4. The lowest BCUT2D eigenvalue weighted by Gasteiger charge is -2.44. The van der Waals surface area contributed by atoms with Gasteiger partial charge in [0.25, 0.3) is 0 Å². The van der Waals surface area contributed by atoms with Crippen LogP contribution in [-0.4, -0.2) is 112 Å². The largest absolute Gasteiger partial charge is 0.480 e. The molecular formula is C42H64N4O10Si2. The smallest absolute Gasteiger partial charge is 0.407 e. The number of nitrogens with zero attached hydrogens (tertiary/aromatic N) is 1. The molecule has 1 unspecified atom stereocenters. The molecule has 1 aliphatic carbocycles. The van der Waals surface area contributed by atoms with Gasteiger partial charge in [0.05, 0.1) is 25.2 Å². The maximum absolute atomic E-state index is 14.0. The van der Waals surface area contributed by atoms with E-state index in [9.17, 15) is 34.2 Å². The Morgan fingerprint density at radius 3 is 1.91 bits per heavy atom. The highest BCUT2D eigenvalue weighted by Gasteiger charge is 2.47. The average molecular weight is 841 g/mol. The molecule has 320 valence electrons. The fourth-order valence-corrected chi connectivity index (χ4v) is 9.33. The van der Waals surface area contributed by atoms with E-state index < -0.39 is 89.1 Å². The maximum atomic E-state index is 14.0. The zero-order valence-electron chi connectivity index (χ0n) is 35.9. The molecule has 14 nitrogen and oxygen atoms in total. The number of carboxylic acid groups (broad SMARTS) is 1. The molecule has 6 atom stereocenters.